The van der Waals surface area contributed by atoms with Crippen molar-refractivity contribution in [3.05, 3.63) is 60.0 Å². The molecule has 5 nitrogen and oxygen atoms in total. The number of ether oxygens (including phenoxy) is 1. The molecule has 5 heteroatoms. The molecule has 0 radical (unpaired) electrons. The Kier molecular flexibility index (Phi) is 4.05. The maximum Gasteiger partial charge on any atom is 0.248 e. The monoisotopic (exact) mass is 295 g/mol. The van der Waals surface area contributed by atoms with Crippen molar-refractivity contribution < 1.29 is 9.15 Å². The van der Waals surface area contributed by atoms with Gasteiger partial charge in [-0.1, -0.05) is 24.3 Å². The van der Waals surface area contributed by atoms with Crippen molar-refractivity contribution in [1.82, 2.24) is 10.2 Å². The Bertz CT molecular complexity index is 768. The van der Waals surface area contributed by atoms with E-state index in [1.807, 2.05) is 55.5 Å². The highest BCUT2D eigenvalue weighted by Crippen LogP contribution is 2.22. The van der Waals surface area contributed by atoms with E-state index in [0.717, 1.165) is 22.6 Å². The third kappa shape index (κ3) is 3.09. The zero-order valence-electron chi connectivity index (χ0n) is 12.5. The minimum absolute atomic E-state index is 0.464. The number of aryl methyl sites for hydroxylation is 1. The van der Waals surface area contributed by atoms with Crippen molar-refractivity contribution in [2.24, 2.45) is 0 Å². The summed E-state index contributed by atoms with van der Waals surface area (Å²) in [6, 6.07) is 15.6. The maximum atomic E-state index is 5.71. The molecule has 22 heavy (non-hydrogen) atoms. The standard InChI is InChI=1S/C17H17N3O2/c1-12-6-3-4-9-15(12)17-20-19-16(22-17)11-18-13-7-5-8-14(10-13)21-2/h3-10,18H,11H2,1-2H3. The second-order valence-corrected chi connectivity index (χ2v) is 4.90. The Morgan fingerprint density at radius 3 is 2.77 bits per heavy atom. The summed E-state index contributed by atoms with van der Waals surface area (Å²) in [6.45, 7) is 2.49. The second kappa shape index (κ2) is 6.30. The Morgan fingerprint density at radius 2 is 1.95 bits per heavy atom. The normalized spacial score (nSPS) is 10.5. The smallest absolute Gasteiger partial charge is 0.248 e. The number of hydrogen-bond donors (Lipinski definition) is 1. The van der Waals surface area contributed by atoms with Crippen LogP contribution in [0.3, 0.4) is 0 Å². The number of methoxy groups -OCH3 is 1. The summed E-state index contributed by atoms with van der Waals surface area (Å²) in [5, 5.41) is 11.4. The predicted octanol–water partition coefficient (Wildman–Crippen LogP) is 3.67. The van der Waals surface area contributed by atoms with Crippen LogP contribution in [-0.2, 0) is 6.54 Å². The largest absolute Gasteiger partial charge is 0.497 e. The van der Waals surface area contributed by atoms with E-state index < -0.39 is 0 Å². The first-order chi connectivity index (χ1) is 10.8. The van der Waals surface area contributed by atoms with Gasteiger partial charge in [-0.05, 0) is 30.7 Å². The summed E-state index contributed by atoms with van der Waals surface area (Å²) in [7, 11) is 1.64. The van der Waals surface area contributed by atoms with Crippen LogP contribution < -0.4 is 10.1 Å². The van der Waals surface area contributed by atoms with Crippen molar-refractivity contribution in [1.29, 1.82) is 0 Å². The summed E-state index contributed by atoms with van der Waals surface area (Å²) >= 11 is 0. The number of aromatic nitrogens is 2. The minimum atomic E-state index is 0.464. The first-order valence-electron chi connectivity index (χ1n) is 7.02. The average molecular weight is 295 g/mol. The van der Waals surface area contributed by atoms with Crippen LogP contribution in [-0.4, -0.2) is 17.3 Å². The van der Waals surface area contributed by atoms with E-state index in [0.29, 0.717) is 18.3 Å². The van der Waals surface area contributed by atoms with Crippen LogP contribution in [0.1, 0.15) is 11.5 Å². The molecule has 3 aromatic rings. The Balaban J connectivity index is 1.71. The van der Waals surface area contributed by atoms with Crippen molar-refractivity contribution in [3.63, 3.8) is 0 Å². The summed E-state index contributed by atoms with van der Waals surface area (Å²) in [5.74, 6) is 1.89. The number of anilines is 1. The van der Waals surface area contributed by atoms with Crippen molar-refractivity contribution in [2.75, 3.05) is 12.4 Å². The van der Waals surface area contributed by atoms with E-state index in [-0.39, 0.29) is 0 Å². The first-order valence-corrected chi connectivity index (χ1v) is 7.02. The first kappa shape index (κ1) is 14.1. The molecule has 0 fully saturated rings. The topological polar surface area (TPSA) is 60.2 Å². The van der Waals surface area contributed by atoms with Gasteiger partial charge in [0.2, 0.25) is 11.8 Å². The van der Waals surface area contributed by atoms with Crippen molar-refractivity contribution >= 4 is 5.69 Å². The highest BCUT2D eigenvalue weighted by atomic mass is 16.5. The molecule has 0 aliphatic rings. The Morgan fingerprint density at radius 1 is 1.09 bits per heavy atom. The average Bonchev–Trinajstić information content (AvgIpc) is 3.02. The number of benzene rings is 2. The lowest BCUT2D eigenvalue weighted by atomic mass is 10.1. The zero-order chi connectivity index (χ0) is 15.4. The van der Waals surface area contributed by atoms with E-state index >= 15 is 0 Å². The maximum absolute atomic E-state index is 5.71. The molecule has 1 N–H and O–H groups in total. The van der Waals surface area contributed by atoms with E-state index in [1.54, 1.807) is 7.11 Å². The SMILES string of the molecule is COc1cccc(NCc2nnc(-c3ccccc3C)o2)c1. The van der Waals surface area contributed by atoms with Gasteiger partial charge in [0.1, 0.15) is 5.75 Å². The molecule has 0 atom stereocenters. The fourth-order valence-electron chi connectivity index (χ4n) is 2.16. The van der Waals surface area contributed by atoms with Crippen LogP contribution in [0.15, 0.2) is 52.9 Å². The van der Waals surface area contributed by atoms with E-state index in [1.165, 1.54) is 0 Å². The fraction of sp³-hybridized carbons (Fsp3) is 0.176. The van der Waals surface area contributed by atoms with Crippen LogP contribution in [0.25, 0.3) is 11.5 Å². The van der Waals surface area contributed by atoms with Crippen LogP contribution in [0.2, 0.25) is 0 Å². The molecule has 1 aromatic heterocycles. The number of nitrogens with zero attached hydrogens (tertiary/aromatic N) is 2. The molecule has 0 saturated carbocycles. The van der Waals surface area contributed by atoms with Crippen molar-refractivity contribution in [3.8, 4) is 17.2 Å². The van der Waals surface area contributed by atoms with Gasteiger partial charge in [-0.3, -0.25) is 0 Å². The van der Waals surface area contributed by atoms with E-state index in [9.17, 15) is 0 Å². The lowest BCUT2D eigenvalue weighted by Gasteiger charge is -2.05. The molecule has 0 aliphatic carbocycles. The van der Waals surface area contributed by atoms with Gasteiger partial charge in [0, 0.05) is 17.3 Å². The van der Waals surface area contributed by atoms with Crippen LogP contribution in [0, 0.1) is 6.92 Å². The predicted molar refractivity (Wildman–Crippen MR) is 84.8 cm³/mol. The molecule has 2 aromatic carbocycles. The molecule has 0 bridgehead atoms. The van der Waals surface area contributed by atoms with Gasteiger partial charge in [0.05, 0.1) is 13.7 Å². The zero-order valence-corrected chi connectivity index (χ0v) is 12.5. The van der Waals surface area contributed by atoms with Gasteiger partial charge in [0.25, 0.3) is 0 Å². The molecule has 1 heterocycles. The minimum Gasteiger partial charge on any atom is -0.497 e. The number of nitrogens with one attached hydrogen (secondary N) is 1. The third-order valence-corrected chi connectivity index (χ3v) is 3.36. The molecule has 0 saturated heterocycles. The van der Waals surface area contributed by atoms with Gasteiger partial charge in [0.15, 0.2) is 0 Å². The number of rotatable bonds is 5. The van der Waals surface area contributed by atoms with Gasteiger partial charge < -0.3 is 14.5 Å². The van der Waals surface area contributed by atoms with E-state index in [4.69, 9.17) is 9.15 Å². The third-order valence-electron chi connectivity index (χ3n) is 3.36. The lowest BCUT2D eigenvalue weighted by Crippen LogP contribution is -1.99. The molecular formula is C17H17N3O2. The lowest BCUT2D eigenvalue weighted by molar-refractivity contribution is 0.415. The molecule has 0 unspecified atom stereocenters. The van der Waals surface area contributed by atoms with Crippen LogP contribution in [0.5, 0.6) is 5.75 Å². The summed E-state index contributed by atoms with van der Waals surface area (Å²) < 4.78 is 10.9. The quantitative estimate of drug-likeness (QED) is 0.778. The highest BCUT2D eigenvalue weighted by Gasteiger charge is 2.10. The van der Waals surface area contributed by atoms with Crippen LogP contribution >= 0.6 is 0 Å². The summed E-state index contributed by atoms with van der Waals surface area (Å²) in [6.07, 6.45) is 0. The Labute approximate surface area is 129 Å². The van der Waals surface area contributed by atoms with Crippen molar-refractivity contribution in [2.45, 2.75) is 13.5 Å². The summed E-state index contributed by atoms with van der Waals surface area (Å²) in [5.41, 5.74) is 3.01. The molecule has 0 aliphatic heterocycles. The van der Waals surface area contributed by atoms with Crippen LogP contribution in [0.4, 0.5) is 5.69 Å². The number of hydrogen-bond acceptors (Lipinski definition) is 5. The molecule has 0 amide bonds. The molecular weight excluding hydrogens is 278 g/mol. The van der Waals surface area contributed by atoms with Gasteiger partial charge in [-0.15, -0.1) is 10.2 Å². The highest BCUT2D eigenvalue weighted by molar-refractivity contribution is 5.57. The summed E-state index contributed by atoms with van der Waals surface area (Å²) in [4.78, 5) is 0. The molecule has 0 spiro atoms. The Hall–Kier alpha value is -2.82. The van der Waals surface area contributed by atoms with E-state index in [2.05, 4.69) is 15.5 Å². The molecule has 112 valence electrons. The fourth-order valence-corrected chi connectivity index (χ4v) is 2.16. The molecule has 3 rings (SSSR count). The van der Waals surface area contributed by atoms with Gasteiger partial charge in [-0.25, -0.2) is 0 Å². The second-order valence-electron chi connectivity index (χ2n) is 4.90. The van der Waals surface area contributed by atoms with Gasteiger partial charge >= 0.3 is 0 Å². The van der Waals surface area contributed by atoms with Gasteiger partial charge in [-0.2, -0.15) is 0 Å².